The molecule has 1 spiro atoms. The van der Waals surface area contributed by atoms with Crippen molar-refractivity contribution in [2.45, 2.75) is 4.87 Å². The summed E-state index contributed by atoms with van der Waals surface area (Å²) in [6, 6.07) is 12.8. The number of hydrogen-bond donors (Lipinski definition) is 1. The number of nitrogens with zero attached hydrogens (tertiary/aromatic N) is 2. The van der Waals surface area contributed by atoms with Gasteiger partial charge in [-0.1, -0.05) is 24.3 Å². The molecular weight excluding hydrogens is 286 g/mol. The molecule has 6 heteroatoms. The Morgan fingerprint density at radius 3 is 2.76 bits per heavy atom. The van der Waals surface area contributed by atoms with Crippen molar-refractivity contribution in [2.24, 2.45) is 0 Å². The van der Waals surface area contributed by atoms with Gasteiger partial charge in [0, 0.05) is 17.4 Å². The molecule has 1 unspecified atom stereocenters. The van der Waals surface area contributed by atoms with E-state index in [1.807, 2.05) is 30.3 Å². The van der Waals surface area contributed by atoms with Gasteiger partial charge in [0.05, 0.1) is 5.75 Å². The van der Waals surface area contributed by atoms with Gasteiger partial charge >= 0.3 is 0 Å². The highest BCUT2D eigenvalue weighted by Gasteiger charge is 2.58. The molecule has 0 aliphatic carbocycles. The Hall–Kier alpha value is -2.34. The average Bonchev–Trinajstić information content (AvgIpc) is 3.00. The molecule has 0 radical (unpaired) electrons. The Labute approximate surface area is 125 Å². The molecule has 2 aromatic rings. The van der Waals surface area contributed by atoms with E-state index in [-0.39, 0.29) is 17.6 Å². The number of benzene rings is 1. The van der Waals surface area contributed by atoms with Crippen LogP contribution in [0.5, 0.6) is 0 Å². The van der Waals surface area contributed by atoms with Crippen LogP contribution >= 0.6 is 11.8 Å². The molecular formula is C15H11N3O2S. The number of hydrogen-bond acceptors (Lipinski definition) is 4. The summed E-state index contributed by atoms with van der Waals surface area (Å²) in [7, 11) is 0. The van der Waals surface area contributed by atoms with Gasteiger partial charge in [-0.25, -0.2) is 4.98 Å². The summed E-state index contributed by atoms with van der Waals surface area (Å²) in [6.07, 6.45) is 1.62. The third kappa shape index (κ3) is 1.56. The summed E-state index contributed by atoms with van der Waals surface area (Å²) in [6.45, 7) is 0. The van der Waals surface area contributed by atoms with Gasteiger partial charge in [0.2, 0.25) is 10.8 Å². The highest BCUT2D eigenvalue weighted by atomic mass is 32.2. The van der Waals surface area contributed by atoms with Gasteiger partial charge in [0.1, 0.15) is 5.82 Å². The number of carbonyl (C=O) groups is 2. The Bertz CT molecular complexity index is 750. The van der Waals surface area contributed by atoms with Crippen molar-refractivity contribution in [2.75, 3.05) is 16.0 Å². The number of amides is 2. The number of rotatable bonds is 1. The van der Waals surface area contributed by atoms with Gasteiger partial charge in [-0.15, -0.1) is 11.8 Å². The first kappa shape index (κ1) is 12.4. The monoisotopic (exact) mass is 297 g/mol. The summed E-state index contributed by atoms with van der Waals surface area (Å²) in [5.74, 6) is 0.466. The van der Waals surface area contributed by atoms with E-state index >= 15 is 0 Å². The fraction of sp³-hybridized carbons (Fsp3) is 0.133. The summed E-state index contributed by atoms with van der Waals surface area (Å²) < 4.78 is 0. The normalized spacial score (nSPS) is 23.5. The molecule has 1 N–H and O–H groups in total. The molecule has 1 aromatic heterocycles. The van der Waals surface area contributed by atoms with Gasteiger partial charge in [0.25, 0.3) is 5.91 Å². The number of carbonyl (C=O) groups excluding carboxylic acids is 2. The van der Waals surface area contributed by atoms with Crippen molar-refractivity contribution in [1.82, 2.24) is 4.98 Å². The first-order valence-corrected chi connectivity index (χ1v) is 7.51. The number of thioether (sulfide) groups is 1. The lowest BCUT2D eigenvalue weighted by atomic mass is 10.1. The lowest BCUT2D eigenvalue weighted by Crippen LogP contribution is -2.47. The maximum absolute atomic E-state index is 12.6. The van der Waals surface area contributed by atoms with Gasteiger partial charge in [-0.2, -0.15) is 0 Å². The minimum Gasteiger partial charge on any atom is -0.323 e. The van der Waals surface area contributed by atoms with E-state index in [1.165, 1.54) is 16.7 Å². The summed E-state index contributed by atoms with van der Waals surface area (Å²) in [5.41, 5.74) is 1.57. The summed E-state index contributed by atoms with van der Waals surface area (Å²) in [5, 5.41) is 2.87. The second-order valence-electron chi connectivity index (χ2n) is 4.85. The molecule has 3 heterocycles. The number of pyridine rings is 1. The molecule has 21 heavy (non-hydrogen) atoms. The van der Waals surface area contributed by atoms with E-state index in [4.69, 9.17) is 0 Å². The van der Waals surface area contributed by atoms with E-state index in [0.29, 0.717) is 5.82 Å². The topological polar surface area (TPSA) is 62.3 Å². The van der Waals surface area contributed by atoms with Crippen molar-refractivity contribution in [3.63, 3.8) is 0 Å². The zero-order valence-corrected chi connectivity index (χ0v) is 11.8. The SMILES string of the molecule is O=C1CSC2(C(=O)Nc3ccccc32)N1c1ccccn1. The van der Waals surface area contributed by atoms with Crippen LogP contribution in [0.1, 0.15) is 5.56 Å². The molecule has 0 bridgehead atoms. The quantitative estimate of drug-likeness (QED) is 0.874. The van der Waals surface area contributed by atoms with Crippen LogP contribution < -0.4 is 10.2 Å². The van der Waals surface area contributed by atoms with E-state index in [2.05, 4.69) is 10.3 Å². The number of para-hydroxylation sites is 1. The largest absolute Gasteiger partial charge is 0.323 e. The van der Waals surface area contributed by atoms with E-state index in [9.17, 15) is 9.59 Å². The van der Waals surface area contributed by atoms with Crippen LogP contribution in [0, 0.1) is 0 Å². The molecule has 0 saturated carbocycles. The van der Waals surface area contributed by atoms with Crippen LogP contribution in [0.4, 0.5) is 11.5 Å². The second-order valence-corrected chi connectivity index (χ2v) is 6.02. The average molecular weight is 297 g/mol. The van der Waals surface area contributed by atoms with Crippen molar-refractivity contribution in [3.05, 3.63) is 54.2 Å². The summed E-state index contributed by atoms with van der Waals surface area (Å²) >= 11 is 1.34. The van der Waals surface area contributed by atoms with Crippen LogP contribution in [0.25, 0.3) is 0 Å². The predicted molar refractivity (Wildman–Crippen MR) is 80.9 cm³/mol. The fourth-order valence-electron chi connectivity index (χ4n) is 2.83. The van der Waals surface area contributed by atoms with Crippen LogP contribution in [-0.2, 0) is 14.5 Å². The molecule has 1 atom stereocenters. The molecule has 1 saturated heterocycles. The molecule has 2 amide bonds. The molecule has 2 aliphatic rings. The van der Waals surface area contributed by atoms with E-state index < -0.39 is 4.87 Å². The lowest BCUT2D eigenvalue weighted by molar-refractivity contribution is -0.122. The third-order valence-corrected chi connectivity index (χ3v) is 5.09. The van der Waals surface area contributed by atoms with Gasteiger partial charge in [-0.05, 0) is 18.2 Å². The zero-order valence-electron chi connectivity index (χ0n) is 10.9. The Morgan fingerprint density at radius 1 is 1.14 bits per heavy atom. The second kappa shape index (κ2) is 4.33. The number of aromatic nitrogens is 1. The van der Waals surface area contributed by atoms with Crippen LogP contribution in [0.2, 0.25) is 0 Å². The van der Waals surface area contributed by atoms with Crippen LogP contribution in [0.3, 0.4) is 0 Å². The Balaban J connectivity index is 1.94. The maximum Gasteiger partial charge on any atom is 0.266 e. The molecule has 4 rings (SSSR count). The molecule has 104 valence electrons. The van der Waals surface area contributed by atoms with Gasteiger partial charge < -0.3 is 5.32 Å². The Kier molecular flexibility index (Phi) is 2.56. The standard InChI is InChI=1S/C15H11N3O2S/c19-13-9-21-15(18(13)12-7-3-4-8-16-12)10-5-1-2-6-11(10)17-14(15)20/h1-8H,9H2,(H,17,20). The zero-order chi connectivity index (χ0) is 14.4. The van der Waals surface area contributed by atoms with Gasteiger partial charge in [0.15, 0.2) is 0 Å². The number of anilines is 2. The fourth-order valence-corrected chi connectivity index (χ4v) is 4.13. The first-order chi connectivity index (χ1) is 10.2. The smallest absolute Gasteiger partial charge is 0.266 e. The maximum atomic E-state index is 12.6. The highest BCUT2D eigenvalue weighted by Crippen LogP contribution is 2.53. The number of nitrogens with one attached hydrogen (secondary N) is 1. The summed E-state index contributed by atoms with van der Waals surface area (Å²) in [4.78, 5) is 29.7. The molecule has 2 aliphatic heterocycles. The van der Waals surface area contributed by atoms with Crippen molar-refractivity contribution >= 4 is 35.1 Å². The van der Waals surface area contributed by atoms with Crippen molar-refractivity contribution in [1.29, 1.82) is 0 Å². The van der Waals surface area contributed by atoms with E-state index in [0.717, 1.165) is 11.3 Å². The Morgan fingerprint density at radius 2 is 1.95 bits per heavy atom. The minimum absolute atomic E-state index is 0.106. The minimum atomic E-state index is -1.04. The van der Waals surface area contributed by atoms with E-state index in [1.54, 1.807) is 18.3 Å². The van der Waals surface area contributed by atoms with Crippen molar-refractivity contribution in [3.8, 4) is 0 Å². The van der Waals surface area contributed by atoms with Crippen LogP contribution in [-0.4, -0.2) is 22.6 Å². The van der Waals surface area contributed by atoms with Gasteiger partial charge in [-0.3, -0.25) is 14.5 Å². The molecule has 5 nitrogen and oxygen atoms in total. The third-order valence-electron chi connectivity index (χ3n) is 3.70. The van der Waals surface area contributed by atoms with Crippen molar-refractivity contribution < 1.29 is 9.59 Å². The van der Waals surface area contributed by atoms with Crippen LogP contribution in [0.15, 0.2) is 48.7 Å². The molecule has 1 fully saturated rings. The first-order valence-electron chi connectivity index (χ1n) is 6.52. The lowest BCUT2D eigenvalue weighted by Gasteiger charge is -2.31. The highest BCUT2D eigenvalue weighted by molar-refractivity contribution is 8.02. The predicted octanol–water partition coefficient (Wildman–Crippen LogP) is 1.97. The number of fused-ring (bicyclic) bond motifs is 2. The molecule has 1 aromatic carbocycles.